The average molecular weight is 576 g/mol. The second-order valence-corrected chi connectivity index (χ2v) is 11.7. The lowest BCUT2D eigenvalue weighted by Gasteiger charge is -2.36. The Morgan fingerprint density at radius 3 is 2.36 bits per heavy atom. The van der Waals surface area contributed by atoms with Crippen molar-refractivity contribution >= 4 is 34.4 Å². The van der Waals surface area contributed by atoms with E-state index < -0.39 is 17.2 Å². The fourth-order valence-corrected chi connectivity index (χ4v) is 4.92. The van der Waals surface area contributed by atoms with E-state index >= 15 is 4.39 Å². The Hall–Kier alpha value is -4.41. The number of hydrogen-bond donors (Lipinski definition) is 1. The third kappa shape index (κ3) is 6.40. The maximum absolute atomic E-state index is 15.2. The van der Waals surface area contributed by atoms with E-state index in [1.165, 1.54) is 6.07 Å². The number of aromatic nitrogens is 4. The molecule has 1 N–H and O–H groups in total. The van der Waals surface area contributed by atoms with Crippen molar-refractivity contribution in [2.24, 2.45) is 0 Å². The van der Waals surface area contributed by atoms with Gasteiger partial charge in [-0.15, -0.1) is 0 Å². The number of anilines is 3. The van der Waals surface area contributed by atoms with Crippen molar-refractivity contribution < 1.29 is 18.3 Å². The lowest BCUT2D eigenvalue weighted by Crippen LogP contribution is -2.50. The first-order valence-electron chi connectivity index (χ1n) is 14.0. The van der Waals surface area contributed by atoms with Crippen LogP contribution < -0.4 is 10.2 Å². The molecule has 1 saturated heterocycles. The van der Waals surface area contributed by atoms with Gasteiger partial charge in [0.1, 0.15) is 28.4 Å². The van der Waals surface area contributed by atoms with Gasteiger partial charge in [-0.2, -0.15) is 0 Å². The SMILES string of the molecule is Cc1cc(C(C)C)c2cc(-c3nc(Nc4ccc(N5CCN(C(=O)OC(C)(C)C)CC5)cn4)ncc3F)cc(F)c2n1. The smallest absolute Gasteiger partial charge is 0.410 e. The van der Waals surface area contributed by atoms with Crippen molar-refractivity contribution in [3.05, 3.63) is 65.6 Å². The van der Waals surface area contributed by atoms with Crippen molar-refractivity contribution in [3.8, 4) is 11.3 Å². The van der Waals surface area contributed by atoms with Gasteiger partial charge in [-0.25, -0.2) is 28.5 Å². The number of nitrogens with zero attached hydrogens (tertiary/aromatic N) is 6. The summed E-state index contributed by atoms with van der Waals surface area (Å²) in [5.41, 5.74) is 2.55. The first kappa shape index (κ1) is 29.1. The lowest BCUT2D eigenvalue weighted by molar-refractivity contribution is 0.0240. The molecule has 0 radical (unpaired) electrons. The Balaban J connectivity index is 1.31. The number of rotatable bonds is 5. The molecule has 5 rings (SSSR count). The summed E-state index contributed by atoms with van der Waals surface area (Å²) in [4.78, 5) is 33.4. The molecule has 9 nitrogen and oxygen atoms in total. The van der Waals surface area contributed by atoms with Crippen molar-refractivity contribution in [2.75, 3.05) is 36.4 Å². The molecule has 3 aromatic heterocycles. The predicted octanol–water partition coefficient (Wildman–Crippen LogP) is 6.60. The Labute approximate surface area is 244 Å². The minimum absolute atomic E-state index is 0.0249. The Morgan fingerprint density at radius 1 is 0.976 bits per heavy atom. The highest BCUT2D eigenvalue weighted by molar-refractivity contribution is 5.88. The number of halogens is 2. The average Bonchev–Trinajstić information content (AvgIpc) is 2.93. The maximum atomic E-state index is 15.2. The summed E-state index contributed by atoms with van der Waals surface area (Å²) in [6.07, 6.45) is 2.47. The molecule has 1 amide bonds. The number of fused-ring (bicyclic) bond motifs is 1. The summed E-state index contributed by atoms with van der Waals surface area (Å²) >= 11 is 0. The van der Waals surface area contributed by atoms with Crippen LogP contribution >= 0.6 is 0 Å². The number of benzene rings is 1. The highest BCUT2D eigenvalue weighted by Gasteiger charge is 2.26. The van der Waals surface area contributed by atoms with E-state index in [4.69, 9.17) is 4.74 Å². The number of pyridine rings is 2. The Bertz CT molecular complexity index is 1610. The lowest BCUT2D eigenvalue weighted by atomic mass is 9.95. The van der Waals surface area contributed by atoms with Crippen molar-refractivity contribution in [2.45, 2.75) is 53.1 Å². The Morgan fingerprint density at radius 2 is 1.71 bits per heavy atom. The number of ether oxygens (including phenoxy) is 1. The number of carbonyl (C=O) groups is 1. The number of amides is 1. The highest BCUT2D eigenvalue weighted by atomic mass is 19.1. The minimum Gasteiger partial charge on any atom is -0.444 e. The molecular weight excluding hydrogens is 540 g/mol. The molecule has 0 atom stereocenters. The van der Waals surface area contributed by atoms with Gasteiger partial charge in [-0.1, -0.05) is 13.8 Å². The van der Waals surface area contributed by atoms with E-state index in [2.05, 4.69) is 30.2 Å². The third-order valence-corrected chi connectivity index (χ3v) is 6.95. The molecule has 0 aliphatic carbocycles. The van der Waals surface area contributed by atoms with E-state index in [-0.39, 0.29) is 29.2 Å². The summed E-state index contributed by atoms with van der Waals surface area (Å²) in [5.74, 6) is -0.484. The standard InChI is InChI=1S/C31H35F2N7O2/c1-18(2)22-13-19(3)36-28-23(22)14-20(15-24(28)32)27-25(33)17-35-29(38-27)37-26-8-7-21(16-34-26)39-9-11-40(12-10-39)30(41)42-31(4,5)6/h7-8,13-18H,9-12H2,1-6H3,(H,34,35,37,38). The molecule has 42 heavy (non-hydrogen) atoms. The van der Waals surface area contributed by atoms with Crippen LogP contribution in [0.3, 0.4) is 0 Å². The van der Waals surface area contributed by atoms with Gasteiger partial charge in [0.2, 0.25) is 5.95 Å². The summed E-state index contributed by atoms with van der Waals surface area (Å²) in [6.45, 7) is 13.8. The molecule has 1 fully saturated rings. The number of carbonyl (C=O) groups excluding carboxylic acids is 1. The largest absolute Gasteiger partial charge is 0.444 e. The van der Waals surface area contributed by atoms with Gasteiger partial charge in [-0.3, -0.25) is 4.98 Å². The van der Waals surface area contributed by atoms with Gasteiger partial charge in [0.05, 0.1) is 18.1 Å². The van der Waals surface area contributed by atoms with E-state index in [1.807, 2.05) is 53.7 Å². The van der Waals surface area contributed by atoms with Gasteiger partial charge in [0.25, 0.3) is 0 Å². The molecule has 220 valence electrons. The van der Waals surface area contributed by atoms with Crippen LogP contribution in [0.15, 0.2) is 42.7 Å². The van der Waals surface area contributed by atoms with Crippen LogP contribution in [0, 0.1) is 18.6 Å². The van der Waals surface area contributed by atoms with Crippen LogP contribution in [0.25, 0.3) is 22.2 Å². The van der Waals surface area contributed by atoms with Gasteiger partial charge in [0.15, 0.2) is 5.82 Å². The van der Waals surface area contributed by atoms with Gasteiger partial charge >= 0.3 is 6.09 Å². The zero-order valence-electron chi connectivity index (χ0n) is 24.7. The first-order valence-corrected chi connectivity index (χ1v) is 14.0. The molecule has 0 saturated carbocycles. The molecule has 0 unspecified atom stereocenters. The van der Waals surface area contributed by atoms with Gasteiger partial charge < -0.3 is 19.9 Å². The highest BCUT2D eigenvalue weighted by Crippen LogP contribution is 2.32. The van der Waals surface area contributed by atoms with E-state index in [0.717, 1.165) is 23.1 Å². The molecule has 4 aromatic rings. The number of piperazine rings is 1. The molecule has 0 spiro atoms. The maximum Gasteiger partial charge on any atom is 0.410 e. The van der Waals surface area contributed by atoms with E-state index in [9.17, 15) is 9.18 Å². The van der Waals surface area contributed by atoms with Crippen molar-refractivity contribution in [3.63, 3.8) is 0 Å². The zero-order valence-corrected chi connectivity index (χ0v) is 24.7. The Kier molecular flexibility index (Phi) is 7.94. The second-order valence-electron chi connectivity index (χ2n) is 11.7. The number of aryl methyl sites for hydroxylation is 1. The summed E-state index contributed by atoms with van der Waals surface area (Å²) in [7, 11) is 0. The zero-order chi connectivity index (χ0) is 30.2. The van der Waals surface area contributed by atoms with Gasteiger partial charge in [0, 0.05) is 42.8 Å². The summed E-state index contributed by atoms with van der Waals surface area (Å²) in [5, 5.41) is 3.64. The minimum atomic E-state index is -0.667. The van der Waals surface area contributed by atoms with Crippen LogP contribution in [-0.4, -0.2) is 62.7 Å². The topological polar surface area (TPSA) is 96.4 Å². The summed E-state index contributed by atoms with van der Waals surface area (Å²) in [6, 6.07) is 8.59. The fourth-order valence-electron chi connectivity index (χ4n) is 4.92. The van der Waals surface area contributed by atoms with Crippen molar-refractivity contribution in [1.29, 1.82) is 0 Å². The molecule has 11 heteroatoms. The predicted molar refractivity (Wildman–Crippen MR) is 159 cm³/mol. The van der Waals surface area contributed by atoms with Crippen LogP contribution in [0.2, 0.25) is 0 Å². The van der Waals surface area contributed by atoms with Crippen LogP contribution in [0.4, 0.5) is 31.0 Å². The molecular formula is C31H35F2N7O2. The van der Waals surface area contributed by atoms with Crippen molar-refractivity contribution in [1.82, 2.24) is 24.8 Å². The second kappa shape index (κ2) is 11.5. The van der Waals surface area contributed by atoms with Gasteiger partial charge in [-0.05, 0) is 69.5 Å². The van der Waals surface area contributed by atoms with Crippen LogP contribution in [0.1, 0.15) is 51.8 Å². The number of nitrogens with one attached hydrogen (secondary N) is 1. The number of hydrogen-bond acceptors (Lipinski definition) is 8. The molecule has 1 aliphatic heterocycles. The third-order valence-electron chi connectivity index (χ3n) is 6.95. The first-order chi connectivity index (χ1) is 19.9. The van der Waals surface area contributed by atoms with Crippen LogP contribution in [0.5, 0.6) is 0 Å². The normalized spacial score (nSPS) is 14.0. The fraction of sp³-hybridized carbons (Fsp3) is 0.387. The molecule has 4 heterocycles. The molecule has 1 aromatic carbocycles. The molecule has 0 bridgehead atoms. The molecule has 1 aliphatic rings. The van der Waals surface area contributed by atoms with Crippen LogP contribution in [-0.2, 0) is 4.74 Å². The quantitative estimate of drug-likeness (QED) is 0.285. The monoisotopic (exact) mass is 575 g/mol. The summed E-state index contributed by atoms with van der Waals surface area (Å²) < 4.78 is 35.6. The van der Waals surface area contributed by atoms with E-state index in [0.29, 0.717) is 42.9 Å². The van der Waals surface area contributed by atoms with E-state index in [1.54, 1.807) is 23.2 Å².